The lowest BCUT2D eigenvalue weighted by atomic mass is 9.83. The molecular formula is C19H25ClF4N2OS. The number of likely N-dealkylation sites (tertiary alicyclic amines) is 1. The van der Waals surface area contributed by atoms with Gasteiger partial charge in [-0.05, 0) is 75.9 Å². The van der Waals surface area contributed by atoms with E-state index in [0.717, 1.165) is 12.5 Å². The molecule has 158 valence electrons. The second-order valence-electron chi connectivity index (χ2n) is 7.66. The summed E-state index contributed by atoms with van der Waals surface area (Å²) in [6.07, 6.45) is -1.50. The van der Waals surface area contributed by atoms with Gasteiger partial charge in [0.2, 0.25) is 0 Å². The summed E-state index contributed by atoms with van der Waals surface area (Å²) in [5.74, 6) is -0.624. The molecule has 2 N–H and O–H groups in total. The molecule has 1 aliphatic heterocycles. The molecular weight excluding hydrogens is 416 g/mol. The molecule has 0 spiro atoms. The van der Waals surface area contributed by atoms with E-state index in [1.165, 1.54) is 17.0 Å². The molecule has 9 heteroatoms. The van der Waals surface area contributed by atoms with Crippen LogP contribution in [0.4, 0.5) is 17.6 Å². The minimum Gasteiger partial charge on any atom is -0.292 e. The average molecular weight is 441 g/mol. The first-order chi connectivity index (χ1) is 12.8. The monoisotopic (exact) mass is 440 g/mol. The summed E-state index contributed by atoms with van der Waals surface area (Å²) in [4.78, 5) is 1.41. The van der Waals surface area contributed by atoms with Crippen molar-refractivity contribution in [3.8, 4) is 0 Å². The number of nitrogens with zero attached hydrogens (tertiary/aromatic N) is 1. The van der Waals surface area contributed by atoms with Crippen LogP contribution in [0, 0.1) is 11.7 Å². The molecule has 2 atom stereocenters. The van der Waals surface area contributed by atoms with Crippen molar-refractivity contribution in [1.29, 1.82) is 0 Å². The molecule has 0 aliphatic carbocycles. The van der Waals surface area contributed by atoms with E-state index in [2.05, 4.69) is 0 Å². The Morgan fingerprint density at radius 2 is 1.89 bits per heavy atom. The van der Waals surface area contributed by atoms with Gasteiger partial charge >= 0.3 is 6.18 Å². The smallest absolute Gasteiger partial charge is 0.292 e. The van der Waals surface area contributed by atoms with E-state index in [9.17, 15) is 21.8 Å². The van der Waals surface area contributed by atoms with Crippen molar-refractivity contribution in [1.82, 2.24) is 4.90 Å². The third-order valence-corrected chi connectivity index (χ3v) is 6.71. The highest BCUT2D eigenvalue weighted by atomic mass is 35.5. The van der Waals surface area contributed by atoms with Crippen molar-refractivity contribution in [2.75, 3.05) is 13.1 Å². The van der Waals surface area contributed by atoms with Gasteiger partial charge in [0.25, 0.3) is 0 Å². The number of rotatable bonds is 5. The summed E-state index contributed by atoms with van der Waals surface area (Å²) in [5, 5.41) is 5.55. The topological polar surface area (TPSA) is 46.3 Å². The fraction of sp³-hybridized carbons (Fsp3) is 0.579. The summed E-state index contributed by atoms with van der Waals surface area (Å²) in [6, 6.07) is 2.81. The van der Waals surface area contributed by atoms with Crippen molar-refractivity contribution >= 4 is 28.2 Å². The Labute approximate surface area is 170 Å². The minimum absolute atomic E-state index is 0.0433. The summed E-state index contributed by atoms with van der Waals surface area (Å²) in [5.41, 5.74) is 1.44. The molecule has 1 fully saturated rings. The number of benzene rings is 1. The van der Waals surface area contributed by atoms with Gasteiger partial charge in [0.05, 0.1) is 20.8 Å². The van der Waals surface area contributed by atoms with Crippen LogP contribution in [0.1, 0.15) is 39.2 Å². The highest BCUT2D eigenvalue weighted by Gasteiger charge is 2.41. The third-order valence-electron chi connectivity index (χ3n) is 5.27. The van der Waals surface area contributed by atoms with E-state index < -0.39 is 33.8 Å². The van der Waals surface area contributed by atoms with Gasteiger partial charge in [-0.1, -0.05) is 23.7 Å². The van der Waals surface area contributed by atoms with Gasteiger partial charge in [0, 0.05) is 0 Å². The molecule has 0 aromatic heterocycles. The van der Waals surface area contributed by atoms with Crippen LogP contribution < -0.4 is 5.14 Å². The van der Waals surface area contributed by atoms with Crippen LogP contribution in [0.15, 0.2) is 24.3 Å². The maximum Gasteiger partial charge on any atom is 0.403 e. The number of alkyl halides is 3. The van der Waals surface area contributed by atoms with Crippen LogP contribution in [-0.4, -0.2) is 39.2 Å². The van der Waals surface area contributed by atoms with Crippen LogP contribution in [-0.2, 0) is 11.0 Å². The largest absolute Gasteiger partial charge is 0.403 e. The number of piperidine rings is 1. The molecule has 1 aliphatic rings. The maximum atomic E-state index is 13.6. The van der Waals surface area contributed by atoms with Crippen molar-refractivity contribution in [2.45, 2.75) is 50.6 Å². The van der Waals surface area contributed by atoms with Crippen molar-refractivity contribution in [3.63, 3.8) is 0 Å². The number of allylic oxidation sites excluding steroid dienone is 1. The summed E-state index contributed by atoms with van der Waals surface area (Å²) >= 11 is 5.93. The van der Waals surface area contributed by atoms with Crippen molar-refractivity contribution in [2.24, 2.45) is 11.1 Å². The highest BCUT2D eigenvalue weighted by molar-refractivity contribution is 7.84. The first-order valence-electron chi connectivity index (χ1n) is 8.98. The van der Waals surface area contributed by atoms with Gasteiger partial charge < -0.3 is 0 Å². The number of hydrogen-bond acceptors (Lipinski definition) is 2. The zero-order valence-electron chi connectivity index (χ0n) is 16.0. The molecule has 2 unspecified atom stereocenters. The van der Waals surface area contributed by atoms with Crippen LogP contribution in [0.5, 0.6) is 0 Å². The summed E-state index contributed by atoms with van der Waals surface area (Å²) in [7, 11) is -1.65. The molecule has 1 aromatic rings. The van der Waals surface area contributed by atoms with Gasteiger partial charge in [-0.2, -0.15) is 13.2 Å². The molecule has 3 nitrogen and oxygen atoms in total. The van der Waals surface area contributed by atoms with E-state index in [0.29, 0.717) is 18.4 Å². The van der Waals surface area contributed by atoms with Gasteiger partial charge in [-0.15, -0.1) is 0 Å². The SMILES string of the molecule is CC(N1CCC(/C(=C/C(C)(C)S(N)=O)c2ccc(F)c(Cl)c2)CC1)C(F)(F)F. The standard InChI is InChI=1S/C19H25ClF4N2OS/c1-12(19(22,23)24)26-8-6-13(7-9-26)15(11-18(2,3)28(25)27)14-4-5-17(21)16(20)10-14/h4-5,10-13H,6-9,25H2,1-3H3/b15-11-. The van der Waals surface area contributed by atoms with Crippen molar-refractivity contribution < 1.29 is 21.8 Å². The summed E-state index contributed by atoms with van der Waals surface area (Å²) in [6.45, 7) is 5.16. The lowest BCUT2D eigenvalue weighted by Crippen LogP contribution is -2.47. The molecule has 0 amide bonds. The molecule has 28 heavy (non-hydrogen) atoms. The highest BCUT2D eigenvalue weighted by Crippen LogP contribution is 2.37. The van der Waals surface area contributed by atoms with E-state index in [1.54, 1.807) is 26.0 Å². The zero-order valence-corrected chi connectivity index (χ0v) is 17.6. The first-order valence-corrected chi connectivity index (χ1v) is 10.6. The van der Waals surface area contributed by atoms with Gasteiger partial charge in [0.15, 0.2) is 0 Å². The van der Waals surface area contributed by atoms with E-state index in [4.69, 9.17) is 16.7 Å². The van der Waals surface area contributed by atoms with E-state index in [1.807, 2.05) is 0 Å². The molecule has 0 bridgehead atoms. The number of halogens is 5. The Bertz CT molecular complexity index is 759. The first kappa shape index (κ1) is 23.3. The van der Waals surface area contributed by atoms with Gasteiger partial charge in [-0.25, -0.2) is 8.60 Å². The van der Waals surface area contributed by atoms with Crippen LogP contribution in [0.2, 0.25) is 5.02 Å². The van der Waals surface area contributed by atoms with E-state index in [-0.39, 0.29) is 24.0 Å². The number of hydrogen-bond donors (Lipinski definition) is 1. The van der Waals surface area contributed by atoms with Crippen LogP contribution in [0.25, 0.3) is 5.57 Å². The maximum absolute atomic E-state index is 13.6. The molecule has 2 rings (SSSR count). The Morgan fingerprint density at radius 1 is 1.32 bits per heavy atom. The Balaban J connectivity index is 2.32. The molecule has 1 saturated heterocycles. The fourth-order valence-corrected chi connectivity index (χ4v) is 3.77. The Hall–Kier alpha value is -0.960. The van der Waals surface area contributed by atoms with Crippen molar-refractivity contribution in [3.05, 3.63) is 40.7 Å². The van der Waals surface area contributed by atoms with Crippen LogP contribution >= 0.6 is 11.6 Å². The average Bonchev–Trinajstić information content (AvgIpc) is 2.61. The lowest BCUT2D eigenvalue weighted by Gasteiger charge is -2.38. The van der Waals surface area contributed by atoms with E-state index >= 15 is 0 Å². The fourth-order valence-electron chi connectivity index (χ4n) is 3.35. The van der Waals surface area contributed by atoms with Crippen LogP contribution in [0.3, 0.4) is 0 Å². The third kappa shape index (κ3) is 5.55. The van der Waals surface area contributed by atoms with Gasteiger partial charge in [0.1, 0.15) is 11.9 Å². The zero-order chi connectivity index (χ0) is 21.3. The van der Waals surface area contributed by atoms with Gasteiger partial charge in [-0.3, -0.25) is 10.0 Å². The molecule has 0 saturated carbocycles. The molecule has 1 heterocycles. The predicted octanol–water partition coefficient (Wildman–Crippen LogP) is 4.93. The predicted molar refractivity (Wildman–Crippen MR) is 106 cm³/mol. The second kappa shape index (κ2) is 8.81. The minimum atomic E-state index is -4.27. The Morgan fingerprint density at radius 3 is 2.36 bits per heavy atom. The molecule has 1 aromatic carbocycles. The lowest BCUT2D eigenvalue weighted by molar-refractivity contribution is -0.181. The Kier molecular flexibility index (Phi) is 7.34. The summed E-state index contributed by atoms with van der Waals surface area (Å²) < 4.78 is 63.6. The normalized spacial score (nSPS) is 20.2. The molecule has 0 radical (unpaired) electrons. The quantitative estimate of drug-likeness (QED) is 0.660. The number of nitrogens with two attached hydrogens (primary N) is 1. The second-order valence-corrected chi connectivity index (χ2v) is 9.71.